The van der Waals surface area contributed by atoms with Gasteiger partial charge < -0.3 is 0 Å². The summed E-state index contributed by atoms with van der Waals surface area (Å²) < 4.78 is 0. The smallest absolute Gasteiger partial charge is 0.0311 e. The van der Waals surface area contributed by atoms with Crippen LogP contribution in [-0.2, 0) is 12.2 Å². The average Bonchev–Trinajstić information content (AvgIpc) is 2.29. The van der Waals surface area contributed by atoms with E-state index in [1.807, 2.05) is 38.0 Å². The van der Waals surface area contributed by atoms with Gasteiger partial charge in [0.05, 0.1) is 0 Å². The maximum atomic E-state index is 4.13. The maximum Gasteiger partial charge on any atom is 0.0311 e. The molecule has 0 fully saturated rings. The Morgan fingerprint density at radius 1 is 1.21 bits per heavy atom. The van der Waals surface area contributed by atoms with Crippen LogP contribution in [0.2, 0.25) is 0 Å². The lowest BCUT2D eigenvalue weighted by atomic mass is 10.1. The van der Waals surface area contributed by atoms with E-state index >= 15 is 0 Å². The number of rotatable bonds is 4. The highest BCUT2D eigenvalue weighted by atomic mass is 32.2. The predicted molar refractivity (Wildman–Crippen MR) is 66.8 cm³/mol. The van der Waals surface area contributed by atoms with Crippen molar-refractivity contribution in [3.63, 3.8) is 0 Å². The highest BCUT2D eigenvalue weighted by molar-refractivity contribution is 7.98. The summed E-state index contributed by atoms with van der Waals surface area (Å²) in [6, 6.07) is 2.12. The second-order valence-corrected chi connectivity index (χ2v) is 3.91. The van der Waals surface area contributed by atoms with Crippen molar-refractivity contribution < 1.29 is 0 Å². The van der Waals surface area contributed by atoms with E-state index in [4.69, 9.17) is 0 Å². The van der Waals surface area contributed by atoms with Crippen LogP contribution in [0.3, 0.4) is 0 Å². The lowest BCUT2D eigenvalue weighted by Gasteiger charge is -2.04. The molecule has 0 saturated heterocycles. The Morgan fingerprint density at radius 2 is 1.93 bits per heavy atom. The minimum Gasteiger partial charge on any atom is -0.264 e. The fourth-order valence-electron chi connectivity index (χ4n) is 1.14. The number of thioether (sulfide) groups is 1. The normalized spacial score (nSPS) is 9.14. The van der Waals surface area contributed by atoms with Gasteiger partial charge in [0.15, 0.2) is 0 Å². The molecule has 14 heavy (non-hydrogen) atoms. The van der Waals surface area contributed by atoms with E-state index in [2.05, 4.69) is 24.9 Å². The number of nitrogens with zero attached hydrogens (tertiary/aromatic N) is 1. The zero-order chi connectivity index (χ0) is 10.8. The summed E-state index contributed by atoms with van der Waals surface area (Å²) in [7, 11) is 0. The SMILES string of the molecule is CC.CCSCc1cnccc1CC. The lowest BCUT2D eigenvalue weighted by Crippen LogP contribution is -1.91. The molecule has 0 aliphatic heterocycles. The Balaban J connectivity index is 0.000000791. The topological polar surface area (TPSA) is 12.9 Å². The van der Waals surface area contributed by atoms with Gasteiger partial charge in [-0.3, -0.25) is 4.98 Å². The first-order valence-electron chi connectivity index (χ1n) is 5.38. The van der Waals surface area contributed by atoms with Crippen LogP contribution >= 0.6 is 11.8 Å². The number of aryl methyl sites for hydroxylation is 1. The van der Waals surface area contributed by atoms with E-state index < -0.39 is 0 Å². The quantitative estimate of drug-likeness (QED) is 0.748. The molecule has 80 valence electrons. The third-order valence-corrected chi connectivity index (χ3v) is 2.77. The van der Waals surface area contributed by atoms with Gasteiger partial charge in [0.25, 0.3) is 0 Å². The molecule has 2 heteroatoms. The van der Waals surface area contributed by atoms with Crippen LogP contribution in [0.4, 0.5) is 0 Å². The van der Waals surface area contributed by atoms with Crippen molar-refractivity contribution in [3.8, 4) is 0 Å². The molecule has 0 aliphatic rings. The summed E-state index contributed by atoms with van der Waals surface area (Å²) in [4.78, 5) is 4.13. The van der Waals surface area contributed by atoms with Crippen molar-refractivity contribution in [1.82, 2.24) is 4.98 Å². The largest absolute Gasteiger partial charge is 0.264 e. The summed E-state index contributed by atoms with van der Waals surface area (Å²) in [5, 5.41) is 0. The zero-order valence-corrected chi connectivity index (χ0v) is 10.5. The van der Waals surface area contributed by atoms with Crippen molar-refractivity contribution in [2.24, 2.45) is 0 Å². The van der Waals surface area contributed by atoms with E-state index in [-0.39, 0.29) is 0 Å². The molecule has 1 aromatic rings. The Morgan fingerprint density at radius 3 is 2.50 bits per heavy atom. The molecular formula is C12H21NS. The second kappa shape index (κ2) is 9.07. The molecule has 1 nitrogen and oxygen atoms in total. The molecule has 0 radical (unpaired) electrons. The molecule has 0 aromatic carbocycles. The monoisotopic (exact) mass is 211 g/mol. The van der Waals surface area contributed by atoms with Crippen LogP contribution in [0, 0.1) is 0 Å². The first kappa shape index (κ1) is 13.5. The molecule has 0 aliphatic carbocycles. The molecule has 0 amide bonds. The van der Waals surface area contributed by atoms with Gasteiger partial charge in [0.2, 0.25) is 0 Å². The van der Waals surface area contributed by atoms with Gasteiger partial charge in [-0.1, -0.05) is 27.7 Å². The Hall–Kier alpha value is -0.500. The predicted octanol–water partition coefficient (Wildman–Crippen LogP) is 3.92. The standard InChI is InChI=1S/C10H15NS.C2H6/c1-3-9-5-6-11-7-10(9)8-12-4-2;1-2/h5-7H,3-4,8H2,1-2H3;1-2H3. The van der Waals surface area contributed by atoms with Gasteiger partial charge in [0.1, 0.15) is 0 Å². The Kier molecular flexibility index (Phi) is 8.75. The third-order valence-electron chi connectivity index (χ3n) is 1.85. The molecule has 1 heterocycles. The van der Waals surface area contributed by atoms with Crippen LogP contribution in [-0.4, -0.2) is 10.7 Å². The van der Waals surface area contributed by atoms with Crippen LogP contribution in [0.25, 0.3) is 0 Å². The molecule has 1 rings (SSSR count). The lowest BCUT2D eigenvalue weighted by molar-refractivity contribution is 1.07. The summed E-state index contributed by atoms with van der Waals surface area (Å²) in [5.41, 5.74) is 2.83. The maximum absolute atomic E-state index is 4.13. The molecular weight excluding hydrogens is 190 g/mol. The van der Waals surface area contributed by atoms with Gasteiger partial charge >= 0.3 is 0 Å². The van der Waals surface area contributed by atoms with Gasteiger partial charge in [0, 0.05) is 18.1 Å². The average molecular weight is 211 g/mol. The summed E-state index contributed by atoms with van der Waals surface area (Å²) in [6.07, 6.45) is 4.97. The first-order valence-corrected chi connectivity index (χ1v) is 6.53. The molecule has 0 unspecified atom stereocenters. The fraction of sp³-hybridized carbons (Fsp3) is 0.583. The van der Waals surface area contributed by atoms with Crippen molar-refractivity contribution >= 4 is 11.8 Å². The van der Waals surface area contributed by atoms with Crippen LogP contribution in [0.1, 0.15) is 38.8 Å². The summed E-state index contributed by atoms with van der Waals surface area (Å²) in [5.74, 6) is 2.28. The van der Waals surface area contributed by atoms with Gasteiger partial charge in [-0.25, -0.2) is 0 Å². The van der Waals surface area contributed by atoms with Crippen LogP contribution in [0.15, 0.2) is 18.5 Å². The van der Waals surface area contributed by atoms with E-state index in [1.165, 1.54) is 16.9 Å². The molecule has 0 saturated carbocycles. The summed E-state index contributed by atoms with van der Waals surface area (Å²) >= 11 is 1.95. The van der Waals surface area contributed by atoms with E-state index in [1.54, 1.807) is 0 Å². The molecule has 0 atom stereocenters. The number of aromatic nitrogens is 1. The minimum absolute atomic E-state index is 1.10. The van der Waals surface area contributed by atoms with Crippen molar-refractivity contribution in [2.75, 3.05) is 5.75 Å². The van der Waals surface area contributed by atoms with Crippen LogP contribution in [0.5, 0.6) is 0 Å². The van der Waals surface area contributed by atoms with E-state index in [0.717, 1.165) is 12.2 Å². The molecule has 0 spiro atoms. The van der Waals surface area contributed by atoms with Crippen molar-refractivity contribution in [2.45, 2.75) is 39.9 Å². The van der Waals surface area contributed by atoms with Gasteiger partial charge in [-0.15, -0.1) is 0 Å². The summed E-state index contributed by atoms with van der Waals surface area (Å²) in [6.45, 7) is 8.38. The zero-order valence-electron chi connectivity index (χ0n) is 9.71. The van der Waals surface area contributed by atoms with E-state index in [0.29, 0.717) is 0 Å². The highest BCUT2D eigenvalue weighted by Gasteiger charge is 1.98. The first-order chi connectivity index (χ1) is 6.88. The van der Waals surface area contributed by atoms with Crippen LogP contribution < -0.4 is 0 Å². The second-order valence-electron chi connectivity index (χ2n) is 2.64. The van der Waals surface area contributed by atoms with Gasteiger partial charge in [-0.2, -0.15) is 11.8 Å². The van der Waals surface area contributed by atoms with Crippen molar-refractivity contribution in [1.29, 1.82) is 0 Å². The Labute approximate surface area is 92.3 Å². The third kappa shape index (κ3) is 4.66. The van der Waals surface area contributed by atoms with E-state index in [9.17, 15) is 0 Å². The van der Waals surface area contributed by atoms with Crippen molar-refractivity contribution in [3.05, 3.63) is 29.6 Å². The van der Waals surface area contributed by atoms with Gasteiger partial charge in [-0.05, 0) is 29.4 Å². The molecule has 1 aromatic heterocycles. The molecule has 0 N–H and O–H groups in total. The molecule has 0 bridgehead atoms. The highest BCUT2D eigenvalue weighted by Crippen LogP contribution is 2.15. The Bertz CT molecular complexity index is 236. The minimum atomic E-state index is 1.10. The number of hydrogen-bond donors (Lipinski definition) is 0. The number of hydrogen-bond acceptors (Lipinski definition) is 2. The fourth-order valence-corrected chi connectivity index (χ4v) is 1.83. The number of pyridine rings is 1.